The molecule has 0 aliphatic rings. The molecule has 1 amide bonds. The highest BCUT2D eigenvalue weighted by atomic mass is 19.3. The molecule has 0 atom stereocenters. The van der Waals surface area contributed by atoms with E-state index in [1.54, 1.807) is 25.2 Å². The second kappa shape index (κ2) is 6.28. The Morgan fingerprint density at radius 1 is 1.04 bits per heavy atom. The minimum absolute atomic E-state index is 0.192. The van der Waals surface area contributed by atoms with E-state index in [0.717, 1.165) is 12.1 Å². The topological polar surface area (TPSA) is 38.3 Å². The second-order valence-electron chi connectivity index (χ2n) is 5.02. The molecule has 3 nitrogen and oxygen atoms in total. The van der Waals surface area contributed by atoms with Gasteiger partial charge in [0.05, 0.1) is 5.69 Å². The molecule has 0 radical (unpaired) electrons. The predicted molar refractivity (Wildman–Crippen MR) is 76.5 cm³/mol. The molecule has 0 aliphatic heterocycles. The summed E-state index contributed by atoms with van der Waals surface area (Å²) in [5, 5.41) is 1.67. The first-order valence-electron chi connectivity index (χ1n) is 6.59. The fourth-order valence-corrected chi connectivity index (χ4v) is 1.97. The summed E-state index contributed by atoms with van der Waals surface area (Å²) in [6.45, 7) is 3.37. The van der Waals surface area contributed by atoms with Gasteiger partial charge in [0.25, 0.3) is 0 Å². The van der Waals surface area contributed by atoms with E-state index in [9.17, 15) is 22.4 Å². The Morgan fingerprint density at radius 3 is 2.22 bits per heavy atom. The number of carbonyl (C=O) groups is 1. The van der Waals surface area contributed by atoms with Gasteiger partial charge in [0, 0.05) is 6.07 Å². The molecule has 2 aromatic carbocycles. The summed E-state index contributed by atoms with van der Waals surface area (Å²) in [5.74, 6) is -4.11. The summed E-state index contributed by atoms with van der Waals surface area (Å²) < 4.78 is 58.2. The SMILES string of the molecule is Cc1cc(C)cc(OC(F)(F)C(=O)Nc2ccc(F)cc2F)c1. The van der Waals surface area contributed by atoms with Crippen LogP contribution in [0.15, 0.2) is 36.4 Å². The van der Waals surface area contributed by atoms with E-state index in [2.05, 4.69) is 4.74 Å². The fourth-order valence-electron chi connectivity index (χ4n) is 1.97. The molecule has 0 saturated carbocycles. The number of aryl methyl sites for hydroxylation is 2. The smallest absolute Gasteiger partial charge is 0.425 e. The fraction of sp³-hybridized carbons (Fsp3) is 0.188. The van der Waals surface area contributed by atoms with Crippen LogP contribution in [0.1, 0.15) is 11.1 Å². The van der Waals surface area contributed by atoms with Gasteiger partial charge in [0.1, 0.15) is 17.4 Å². The lowest BCUT2D eigenvalue weighted by molar-refractivity contribution is -0.187. The van der Waals surface area contributed by atoms with Crippen LogP contribution in [0.4, 0.5) is 23.2 Å². The van der Waals surface area contributed by atoms with Crippen molar-refractivity contribution in [2.75, 3.05) is 5.32 Å². The van der Waals surface area contributed by atoms with Crippen molar-refractivity contribution in [1.82, 2.24) is 0 Å². The third-order valence-electron chi connectivity index (χ3n) is 2.88. The van der Waals surface area contributed by atoms with E-state index in [-0.39, 0.29) is 5.75 Å². The van der Waals surface area contributed by atoms with E-state index in [1.807, 2.05) is 0 Å². The van der Waals surface area contributed by atoms with E-state index in [4.69, 9.17) is 0 Å². The third kappa shape index (κ3) is 4.21. The average molecular weight is 327 g/mol. The summed E-state index contributed by atoms with van der Waals surface area (Å²) >= 11 is 0. The maximum atomic E-state index is 13.8. The van der Waals surface area contributed by atoms with E-state index < -0.39 is 29.3 Å². The van der Waals surface area contributed by atoms with Gasteiger partial charge in [0.15, 0.2) is 0 Å². The third-order valence-corrected chi connectivity index (χ3v) is 2.88. The molecule has 0 spiro atoms. The van der Waals surface area contributed by atoms with Gasteiger partial charge in [-0.3, -0.25) is 4.79 Å². The Balaban J connectivity index is 2.16. The minimum Gasteiger partial charge on any atom is -0.425 e. The highest BCUT2D eigenvalue weighted by Gasteiger charge is 2.42. The maximum absolute atomic E-state index is 13.8. The Labute approximate surface area is 129 Å². The van der Waals surface area contributed by atoms with Crippen LogP contribution in [0.3, 0.4) is 0 Å². The molecule has 2 aromatic rings. The minimum atomic E-state index is -4.22. The zero-order valence-electron chi connectivity index (χ0n) is 12.3. The molecule has 0 aromatic heterocycles. The number of alkyl halides is 2. The number of benzene rings is 2. The molecule has 0 saturated heterocycles. The molecule has 0 bridgehead atoms. The monoisotopic (exact) mass is 327 g/mol. The molecule has 0 fully saturated rings. The average Bonchev–Trinajstić information content (AvgIpc) is 2.40. The number of halogens is 4. The van der Waals surface area contributed by atoms with Crippen LogP contribution in [0, 0.1) is 25.5 Å². The van der Waals surface area contributed by atoms with E-state index in [0.29, 0.717) is 17.2 Å². The Morgan fingerprint density at radius 2 is 1.65 bits per heavy atom. The van der Waals surface area contributed by atoms with Crippen LogP contribution in [0.25, 0.3) is 0 Å². The number of ether oxygens (including phenoxy) is 1. The number of nitrogens with one attached hydrogen (secondary N) is 1. The van der Waals surface area contributed by atoms with Crippen LogP contribution in [-0.4, -0.2) is 12.0 Å². The van der Waals surface area contributed by atoms with E-state index in [1.165, 1.54) is 12.1 Å². The van der Waals surface area contributed by atoms with Crippen molar-refractivity contribution in [3.05, 3.63) is 59.2 Å². The van der Waals surface area contributed by atoms with Crippen LogP contribution in [0.2, 0.25) is 0 Å². The van der Waals surface area contributed by atoms with Gasteiger partial charge in [-0.1, -0.05) is 6.07 Å². The number of hydrogen-bond acceptors (Lipinski definition) is 2. The lowest BCUT2D eigenvalue weighted by Gasteiger charge is -2.18. The zero-order chi connectivity index (χ0) is 17.2. The molecule has 23 heavy (non-hydrogen) atoms. The van der Waals surface area contributed by atoms with Crippen molar-refractivity contribution in [2.24, 2.45) is 0 Å². The molecule has 2 rings (SSSR count). The zero-order valence-corrected chi connectivity index (χ0v) is 12.3. The second-order valence-corrected chi connectivity index (χ2v) is 5.02. The Kier molecular flexibility index (Phi) is 4.58. The van der Waals surface area contributed by atoms with Gasteiger partial charge in [-0.05, 0) is 49.2 Å². The highest BCUT2D eigenvalue weighted by Crippen LogP contribution is 2.26. The van der Waals surface area contributed by atoms with Gasteiger partial charge >= 0.3 is 12.0 Å². The highest BCUT2D eigenvalue weighted by molar-refractivity contribution is 5.95. The molecule has 0 unspecified atom stereocenters. The van der Waals surface area contributed by atoms with Crippen molar-refractivity contribution in [3.8, 4) is 5.75 Å². The Hall–Kier alpha value is -2.57. The number of hydrogen-bond donors (Lipinski definition) is 1. The van der Waals surface area contributed by atoms with E-state index >= 15 is 0 Å². The van der Waals surface area contributed by atoms with Crippen molar-refractivity contribution in [2.45, 2.75) is 20.0 Å². The number of anilines is 1. The lowest BCUT2D eigenvalue weighted by atomic mass is 10.1. The Bertz CT molecular complexity index is 727. The standard InChI is InChI=1S/C16H13F4NO2/c1-9-5-10(2)7-12(6-9)23-16(19,20)15(22)21-14-4-3-11(17)8-13(14)18/h3-8H,1-2H3,(H,21,22). The normalized spacial score (nSPS) is 11.2. The summed E-state index contributed by atoms with van der Waals surface area (Å²) in [5.41, 5.74) is 0.793. The predicted octanol–water partition coefficient (Wildman–Crippen LogP) is 4.19. The van der Waals surface area contributed by atoms with Crippen LogP contribution < -0.4 is 10.1 Å². The van der Waals surface area contributed by atoms with Gasteiger partial charge in [-0.15, -0.1) is 0 Å². The molecular formula is C16H13F4NO2. The van der Waals surface area contributed by atoms with Gasteiger partial charge in [-0.2, -0.15) is 8.78 Å². The van der Waals surface area contributed by atoms with Crippen molar-refractivity contribution < 1.29 is 27.1 Å². The van der Waals surface area contributed by atoms with Crippen LogP contribution in [0.5, 0.6) is 5.75 Å². The molecule has 7 heteroatoms. The van der Waals surface area contributed by atoms with Crippen LogP contribution >= 0.6 is 0 Å². The quantitative estimate of drug-likeness (QED) is 0.855. The summed E-state index contributed by atoms with van der Waals surface area (Å²) in [6, 6.07) is 6.58. The largest absolute Gasteiger partial charge is 0.482 e. The number of rotatable bonds is 4. The van der Waals surface area contributed by atoms with Gasteiger partial charge in [0.2, 0.25) is 0 Å². The summed E-state index contributed by atoms with van der Waals surface area (Å²) in [4.78, 5) is 11.6. The first-order chi connectivity index (χ1) is 10.7. The molecule has 1 N–H and O–H groups in total. The molecule has 0 heterocycles. The number of carbonyl (C=O) groups excluding carboxylic acids is 1. The van der Waals surface area contributed by atoms with Crippen LogP contribution in [-0.2, 0) is 4.79 Å². The van der Waals surface area contributed by atoms with Crippen molar-refractivity contribution in [1.29, 1.82) is 0 Å². The first-order valence-corrected chi connectivity index (χ1v) is 6.59. The first kappa shape index (κ1) is 16.8. The van der Waals surface area contributed by atoms with Gasteiger partial charge in [-0.25, -0.2) is 8.78 Å². The maximum Gasteiger partial charge on any atom is 0.482 e. The molecule has 0 aliphatic carbocycles. The lowest BCUT2D eigenvalue weighted by Crippen LogP contribution is -2.40. The van der Waals surface area contributed by atoms with Gasteiger partial charge < -0.3 is 10.1 Å². The molecule has 122 valence electrons. The summed E-state index contributed by atoms with van der Waals surface area (Å²) in [6.07, 6.45) is -4.22. The summed E-state index contributed by atoms with van der Waals surface area (Å²) in [7, 11) is 0. The van der Waals surface area contributed by atoms with Crippen molar-refractivity contribution >= 4 is 11.6 Å². The number of amides is 1. The van der Waals surface area contributed by atoms with Crippen molar-refractivity contribution in [3.63, 3.8) is 0 Å². The molecular weight excluding hydrogens is 314 g/mol.